The van der Waals surface area contributed by atoms with E-state index >= 15 is 0 Å². The summed E-state index contributed by atoms with van der Waals surface area (Å²) in [5.74, 6) is 0. The van der Waals surface area contributed by atoms with Crippen LogP contribution >= 0.6 is 0 Å². The van der Waals surface area contributed by atoms with Gasteiger partial charge in [0.05, 0.1) is 0 Å². The molecular formula is C12H10F2Se. The van der Waals surface area contributed by atoms with Crippen molar-refractivity contribution in [2.24, 2.45) is 0 Å². The van der Waals surface area contributed by atoms with Crippen molar-refractivity contribution < 1.29 is 7.10 Å². The van der Waals surface area contributed by atoms with Crippen LogP contribution in [-0.4, -0.2) is 13.8 Å². The summed E-state index contributed by atoms with van der Waals surface area (Å²) in [4.78, 5) is 0. The summed E-state index contributed by atoms with van der Waals surface area (Å²) in [6, 6.07) is 16.2. The van der Waals surface area contributed by atoms with Crippen molar-refractivity contribution in [2.75, 3.05) is 0 Å². The summed E-state index contributed by atoms with van der Waals surface area (Å²) in [6.07, 6.45) is 0. The standard InChI is InChI=1S/C12H10F2Se/c13-15(14,11-7-3-1-4-8-11)12-9-5-2-6-10-12/h1-10H. The van der Waals surface area contributed by atoms with Crippen molar-refractivity contribution in [3.63, 3.8) is 0 Å². The molecule has 0 saturated heterocycles. The van der Waals surface area contributed by atoms with E-state index in [1.807, 2.05) is 0 Å². The van der Waals surface area contributed by atoms with E-state index in [0.29, 0.717) is 0 Å². The van der Waals surface area contributed by atoms with Crippen molar-refractivity contribution >= 4 is 22.7 Å². The van der Waals surface area contributed by atoms with Gasteiger partial charge in [-0.3, -0.25) is 0 Å². The molecule has 0 radical (unpaired) electrons. The van der Waals surface area contributed by atoms with Gasteiger partial charge in [-0.05, 0) is 0 Å². The van der Waals surface area contributed by atoms with Crippen LogP contribution in [0.4, 0.5) is 7.10 Å². The summed E-state index contributed by atoms with van der Waals surface area (Å²) in [5, 5.41) is 0. The van der Waals surface area contributed by atoms with E-state index in [9.17, 15) is 7.10 Å². The number of hydrogen-bond acceptors (Lipinski definition) is 0. The average Bonchev–Trinajstić information content (AvgIpc) is 2.31. The van der Waals surface area contributed by atoms with Gasteiger partial charge in [-0.1, -0.05) is 0 Å². The van der Waals surface area contributed by atoms with Gasteiger partial charge in [0.25, 0.3) is 0 Å². The Bertz CT molecular complexity index is 384. The molecule has 0 aromatic heterocycles. The summed E-state index contributed by atoms with van der Waals surface area (Å²) in [7, 11) is 0. The number of rotatable bonds is 2. The van der Waals surface area contributed by atoms with Crippen LogP contribution in [-0.2, 0) is 0 Å². The third-order valence-corrected chi connectivity index (χ3v) is 5.70. The van der Waals surface area contributed by atoms with Crippen LogP contribution in [0.1, 0.15) is 0 Å². The Labute approximate surface area is 90.7 Å². The fourth-order valence-electron chi connectivity index (χ4n) is 1.32. The molecule has 0 N–H and O–H groups in total. The first-order valence-corrected chi connectivity index (χ1v) is 7.55. The monoisotopic (exact) mass is 272 g/mol. The second kappa shape index (κ2) is 4.13. The van der Waals surface area contributed by atoms with Crippen LogP contribution in [0.3, 0.4) is 0 Å². The van der Waals surface area contributed by atoms with Gasteiger partial charge in [0.1, 0.15) is 0 Å². The van der Waals surface area contributed by atoms with Gasteiger partial charge in [0.2, 0.25) is 0 Å². The normalized spacial score (nSPS) is 12.4. The summed E-state index contributed by atoms with van der Waals surface area (Å²) in [6.45, 7) is 0. The van der Waals surface area contributed by atoms with Crippen LogP contribution in [0.2, 0.25) is 0 Å². The molecule has 0 unspecified atom stereocenters. The fourth-order valence-corrected chi connectivity index (χ4v) is 3.98. The number of halogens is 2. The molecule has 2 aromatic carbocycles. The quantitative estimate of drug-likeness (QED) is 0.734. The SMILES string of the molecule is F[Se](F)(c1ccccc1)c1ccccc1. The zero-order chi connectivity index (χ0) is 10.7. The van der Waals surface area contributed by atoms with Crippen LogP contribution in [0.15, 0.2) is 60.7 Å². The van der Waals surface area contributed by atoms with E-state index in [2.05, 4.69) is 0 Å². The van der Waals surface area contributed by atoms with E-state index in [-0.39, 0.29) is 8.92 Å². The second-order valence-corrected chi connectivity index (χ2v) is 7.04. The van der Waals surface area contributed by atoms with E-state index < -0.39 is 13.8 Å². The number of benzene rings is 2. The predicted octanol–water partition coefficient (Wildman–Crippen LogP) is 2.18. The van der Waals surface area contributed by atoms with Crippen LogP contribution in [0, 0.1) is 0 Å². The Morgan fingerprint density at radius 1 is 0.600 bits per heavy atom. The van der Waals surface area contributed by atoms with Gasteiger partial charge in [-0.25, -0.2) is 0 Å². The Morgan fingerprint density at radius 2 is 0.933 bits per heavy atom. The Balaban J connectivity index is 2.44. The topological polar surface area (TPSA) is 0 Å². The minimum atomic E-state index is -4.65. The van der Waals surface area contributed by atoms with Crippen LogP contribution in [0.5, 0.6) is 0 Å². The Hall–Kier alpha value is -1.18. The zero-order valence-corrected chi connectivity index (χ0v) is 9.65. The molecule has 0 nitrogen and oxygen atoms in total. The predicted molar refractivity (Wildman–Crippen MR) is 60.1 cm³/mol. The molecule has 2 rings (SSSR count). The molecule has 2 aromatic rings. The Morgan fingerprint density at radius 3 is 1.27 bits per heavy atom. The third kappa shape index (κ3) is 2.09. The molecule has 15 heavy (non-hydrogen) atoms. The van der Waals surface area contributed by atoms with Crippen molar-refractivity contribution in [1.29, 1.82) is 0 Å². The minimum absolute atomic E-state index is 0.181. The Kier molecular flexibility index (Phi) is 2.85. The second-order valence-electron chi connectivity index (χ2n) is 3.10. The molecule has 0 aliphatic heterocycles. The van der Waals surface area contributed by atoms with Crippen molar-refractivity contribution in [2.45, 2.75) is 0 Å². The van der Waals surface area contributed by atoms with Crippen LogP contribution in [0.25, 0.3) is 0 Å². The van der Waals surface area contributed by atoms with E-state index in [1.54, 1.807) is 36.4 Å². The van der Waals surface area contributed by atoms with Crippen LogP contribution < -0.4 is 8.92 Å². The van der Waals surface area contributed by atoms with Crippen molar-refractivity contribution in [1.82, 2.24) is 0 Å². The maximum atomic E-state index is 14.0. The molecule has 78 valence electrons. The molecular weight excluding hydrogens is 261 g/mol. The van der Waals surface area contributed by atoms with Gasteiger partial charge >= 0.3 is 90.4 Å². The van der Waals surface area contributed by atoms with E-state index in [0.717, 1.165) is 0 Å². The molecule has 0 aliphatic rings. The van der Waals surface area contributed by atoms with Crippen molar-refractivity contribution in [3.8, 4) is 0 Å². The van der Waals surface area contributed by atoms with E-state index in [1.165, 1.54) is 24.3 Å². The molecule has 0 fully saturated rings. The first-order chi connectivity index (χ1) is 7.21. The van der Waals surface area contributed by atoms with Crippen molar-refractivity contribution in [3.05, 3.63) is 60.7 Å². The molecule has 0 aliphatic carbocycles. The summed E-state index contributed by atoms with van der Waals surface area (Å²) >= 11 is -4.65. The van der Waals surface area contributed by atoms with E-state index in [4.69, 9.17) is 0 Å². The molecule has 0 atom stereocenters. The summed E-state index contributed by atoms with van der Waals surface area (Å²) < 4.78 is 28.4. The molecule has 3 heteroatoms. The summed E-state index contributed by atoms with van der Waals surface area (Å²) in [5.41, 5.74) is 0. The van der Waals surface area contributed by atoms with Gasteiger partial charge in [-0.2, -0.15) is 0 Å². The zero-order valence-electron chi connectivity index (χ0n) is 7.94. The third-order valence-electron chi connectivity index (χ3n) is 2.08. The molecule has 0 bridgehead atoms. The fraction of sp³-hybridized carbons (Fsp3) is 0. The van der Waals surface area contributed by atoms with Gasteiger partial charge in [-0.15, -0.1) is 0 Å². The van der Waals surface area contributed by atoms with Gasteiger partial charge < -0.3 is 0 Å². The molecule has 0 spiro atoms. The number of hydrogen-bond donors (Lipinski definition) is 0. The average molecular weight is 271 g/mol. The first kappa shape index (κ1) is 10.3. The first-order valence-electron chi connectivity index (χ1n) is 4.54. The maximum absolute atomic E-state index is 14.0. The van der Waals surface area contributed by atoms with Gasteiger partial charge in [0, 0.05) is 0 Å². The molecule has 0 saturated carbocycles. The van der Waals surface area contributed by atoms with Gasteiger partial charge in [0.15, 0.2) is 0 Å². The molecule has 0 amide bonds. The molecule has 0 heterocycles.